The summed E-state index contributed by atoms with van der Waals surface area (Å²) in [7, 11) is -0.528. The summed E-state index contributed by atoms with van der Waals surface area (Å²) in [6.07, 6.45) is 7.58. The van der Waals surface area contributed by atoms with Gasteiger partial charge in [-0.25, -0.2) is 4.98 Å². The number of rotatable bonds is 9. The van der Waals surface area contributed by atoms with Crippen LogP contribution in [0.5, 0.6) is 0 Å². The van der Waals surface area contributed by atoms with E-state index in [0.29, 0.717) is 30.6 Å². The lowest BCUT2D eigenvalue weighted by molar-refractivity contribution is -0.185. The van der Waals surface area contributed by atoms with Crippen LogP contribution in [-0.4, -0.2) is 52.6 Å². The van der Waals surface area contributed by atoms with Crippen molar-refractivity contribution in [1.29, 1.82) is 0 Å². The molecule has 1 aliphatic heterocycles. The first-order valence-electron chi connectivity index (χ1n) is 13.8. The van der Waals surface area contributed by atoms with Crippen molar-refractivity contribution in [2.75, 3.05) is 0 Å². The van der Waals surface area contributed by atoms with Crippen molar-refractivity contribution in [1.82, 2.24) is 20.6 Å². The summed E-state index contributed by atoms with van der Waals surface area (Å²) in [4.78, 5) is 34.8. The molecule has 2 aromatic rings. The molecule has 8 nitrogen and oxygen atoms in total. The zero-order valence-corrected chi connectivity index (χ0v) is 23.0. The predicted molar refractivity (Wildman–Crippen MR) is 145 cm³/mol. The topological polar surface area (TPSA) is 102 Å². The highest BCUT2D eigenvalue weighted by Crippen LogP contribution is 2.64. The number of benzene rings is 1. The summed E-state index contributed by atoms with van der Waals surface area (Å²) in [5, 5.41) is 6.08. The minimum absolute atomic E-state index is 0.0236. The van der Waals surface area contributed by atoms with Crippen LogP contribution < -0.4 is 10.6 Å². The van der Waals surface area contributed by atoms with Crippen LogP contribution >= 0.6 is 0 Å². The third kappa shape index (κ3) is 5.23. The van der Waals surface area contributed by atoms with Crippen molar-refractivity contribution in [2.45, 2.75) is 84.0 Å². The summed E-state index contributed by atoms with van der Waals surface area (Å²) >= 11 is 0. The molecular formula is C29H39BN4O4. The Morgan fingerprint density at radius 2 is 1.89 bits per heavy atom. The molecule has 0 spiro atoms. The molecule has 38 heavy (non-hydrogen) atoms. The van der Waals surface area contributed by atoms with Crippen LogP contribution in [0.1, 0.15) is 69.9 Å². The summed E-state index contributed by atoms with van der Waals surface area (Å²) in [5.41, 5.74) is 1.03. The van der Waals surface area contributed by atoms with Crippen LogP contribution in [0.15, 0.2) is 48.9 Å². The Kier molecular flexibility index (Phi) is 7.35. The van der Waals surface area contributed by atoms with Gasteiger partial charge in [-0.05, 0) is 54.9 Å². The number of carbonyl (C=O) groups excluding carboxylic acids is 2. The molecule has 6 rings (SSSR count). The Morgan fingerprint density at radius 3 is 2.55 bits per heavy atom. The molecule has 2 amide bonds. The number of hydrogen-bond acceptors (Lipinski definition) is 6. The van der Waals surface area contributed by atoms with Gasteiger partial charge in [0.05, 0.1) is 23.8 Å². The monoisotopic (exact) mass is 518 g/mol. The second-order valence-corrected chi connectivity index (χ2v) is 12.5. The Hall–Kier alpha value is -2.78. The van der Waals surface area contributed by atoms with Gasteiger partial charge in [-0.15, -0.1) is 0 Å². The van der Waals surface area contributed by atoms with Crippen LogP contribution in [0.2, 0.25) is 0 Å². The lowest BCUT2D eigenvalue weighted by atomic mass is 9.45. The van der Waals surface area contributed by atoms with Gasteiger partial charge in [-0.2, -0.15) is 0 Å². The van der Waals surface area contributed by atoms with Crippen LogP contribution in [-0.2, 0) is 20.5 Å². The van der Waals surface area contributed by atoms with Gasteiger partial charge in [0.1, 0.15) is 11.7 Å². The Bertz CT molecular complexity index is 1150. The van der Waals surface area contributed by atoms with E-state index in [1.807, 2.05) is 30.3 Å². The molecule has 2 N–H and O–H groups in total. The first-order chi connectivity index (χ1) is 18.1. The number of carbonyl (C=O) groups is 2. The molecule has 2 bridgehead atoms. The average Bonchev–Trinajstić information content (AvgIpc) is 3.26. The molecule has 1 saturated heterocycles. The summed E-state index contributed by atoms with van der Waals surface area (Å²) in [5.74, 6) is 0.369. The molecule has 202 valence electrons. The van der Waals surface area contributed by atoms with E-state index >= 15 is 0 Å². The number of nitrogens with one attached hydrogen (secondary N) is 2. The van der Waals surface area contributed by atoms with E-state index in [-0.39, 0.29) is 34.7 Å². The SMILES string of the molecule is CC(C)CC(NC(=O)C(Cc1ccccc1)NC(=O)c1cnccn1)B1O[C@H]2[C@@H]3C[C@H](CC2(C)O1)C3(C)C. The number of amides is 2. The van der Waals surface area contributed by atoms with Crippen molar-refractivity contribution >= 4 is 18.9 Å². The molecule has 1 aromatic heterocycles. The molecule has 2 heterocycles. The number of aromatic nitrogens is 2. The largest absolute Gasteiger partial charge is 0.481 e. The van der Waals surface area contributed by atoms with E-state index in [1.54, 1.807) is 0 Å². The lowest BCUT2D eigenvalue weighted by Gasteiger charge is -2.63. The quantitative estimate of drug-likeness (QED) is 0.492. The first-order valence-corrected chi connectivity index (χ1v) is 13.8. The highest BCUT2D eigenvalue weighted by molar-refractivity contribution is 6.48. The van der Waals surface area contributed by atoms with Crippen LogP contribution in [0.4, 0.5) is 0 Å². The smallest absolute Gasteiger partial charge is 0.404 e. The number of hydrogen-bond donors (Lipinski definition) is 2. The van der Waals surface area contributed by atoms with Gasteiger partial charge in [0.25, 0.3) is 5.91 Å². The van der Waals surface area contributed by atoms with Crippen molar-refractivity contribution < 1.29 is 18.9 Å². The maximum Gasteiger partial charge on any atom is 0.481 e. The molecule has 0 radical (unpaired) electrons. The lowest BCUT2D eigenvalue weighted by Crippen LogP contribution is -2.63. The minimum Gasteiger partial charge on any atom is -0.404 e. The van der Waals surface area contributed by atoms with E-state index in [4.69, 9.17) is 9.31 Å². The fraction of sp³-hybridized carbons (Fsp3) is 0.586. The van der Waals surface area contributed by atoms with Gasteiger partial charge in [-0.3, -0.25) is 14.6 Å². The summed E-state index contributed by atoms with van der Waals surface area (Å²) < 4.78 is 13.2. The third-order valence-corrected chi connectivity index (χ3v) is 8.91. The fourth-order valence-electron chi connectivity index (χ4n) is 6.65. The maximum atomic E-state index is 13.8. The van der Waals surface area contributed by atoms with E-state index < -0.39 is 19.1 Å². The molecule has 6 atom stereocenters. The highest BCUT2D eigenvalue weighted by Gasteiger charge is 2.67. The van der Waals surface area contributed by atoms with Crippen molar-refractivity contribution in [3.8, 4) is 0 Å². The normalized spacial score (nSPS) is 28.7. The molecular weight excluding hydrogens is 479 g/mol. The molecule has 4 aliphatic rings. The molecule has 4 fully saturated rings. The highest BCUT2D eigenvalue weighted by atomic mass is 16.7. The van der Waals surface area contributed by atoms with E-state index in [9.17, 15) is 9.59 Å². The first kappa shape index (κ1) is 26.8. The van der Waals surface area contributed by atoms with Crippen LogP contribution in [0, 0.1) is 23.2 Å². The Labute approximate surface area is 225 Å². The van der Waals surface area contributed by atoms with Gasteiger partial charge in [0.15, 0.2) is 0 Å². The van der Waals surface area contributed by atoms with Gasteiger partial charge in [-0.1, -0.05) is 58.0 Å². The zero-order chi connectivity index (χ0) is 27.1. The molecule has 3 aliphatic carbocycles. The van der Waals surface area contributed by atoms with Crippen LogP contribution in [0.3, 0.4) is 0 Å². The van der Waals surface area contributed by atoms with Gasteiger partial charge in [0.2, 0.25) is 5.91 Å². The maximum absolute atomic E-state index is 13.8. The zero-order valence-electron chi connectivity index (χ0n) is 23.0. The minimum atomic E-state index is -0.799. The van der Waals surface area contributed by atoms with Crippen molar-refractivity contribution in [3.05, 3.63) is 60.2 Å². The van der Waals surface area contributed by atoms with E-state index in [2.05, 4.69) is 55.2 Å². The third-order valence-electron chi connectivity index (χ3n) is 8.91. The number of nitrogens with zero attached hydrogens (tertiary/aromatic N) is 2. The van der Waals surface area contributed by atoms with Crippen LogP contribution in [0.25, 0.3) is 0 Å². The Morgan fingerprint density at radius 1 is 1.13 bits per heavy atom. The summed E-state index contributed by atoms with van der Waals surface area (Å²) in [6.45, 7) is 11.1. The van der Waals surface area contributed by atoms with E-state index in [1.165, 1.54) is 25.0 Å². The van der Waals surface area contributed by atoms with Crippen molar-refractivity contribution in [2.24, 2.45) is 23.2 Å². The standard InChI is InChI=1S/C29H39BN4O4/c1-18(2)13-24(30-37-25-21-15-20(28(21,3)4)16-29(25,5)38-30)34-26(35)22(14-19-9-7-6-8-10-19)33-27(36)23-17-31-11-12-32-23/h6-12,17-18,20-22,24-25H,13-16H2,1-5H3,(H,33,36)(H,34,35)/t20-,21+,22?,24?,25+,29?/m1/s1. The molecule has 3 saturated carbocycles. The molecule has 1 aromatic carbocycles. The second kappa shape index (κ2) is 10.4. The van der Waals surface area contributed by atoms with Gasteiger partial charge >= 0.3 is 7.12 Å². The fourth-order valence-corrected chi connectivity index (χ4v) is 6.65. The summed E-state index contributed by atoms with van der Waals surface area (Å²) in [6, 6.07) is 8.87. The van der Waals surface area contributed by atoms with E-state index in [0.717, 1.165) is 12.0 Å². The Balaban J connectivity index is 1.34. The molecule has 9 heteroatoms. The molecule has 3 unspecified atom stereocenters. The van der Waals surface area contributed by atoms with Gasteiger partial charge < -0.3 is 19.9 Å². The second-order valence-electron chi connectivity index (χ2n) is 12.5. The average molecular weight is 518 g/mol. The van der Waals surface area contributed by atoms with Gasteiger partial charge in [0, 0.05) is 18.8 Å². The predicted octanol–water partition coefficient (Wildman–Crippen LogP) is 3.62. The van der Waals surface area contributed by atoms with Crippen molar-refractivity contribution in [3.63, 3.8) is 0 Å².